The highest BCUT2D eigenvalue weighted by molar-refractivity contribution is 6.19. The summed E-state index contributed by atoms with van der Waals surface area (Å²) in [6.45, 7) is 2.21. The van der Waals surface area contributed by atoms with Crippen LogP contribution >= 0.6 is 0 Å². The van der Waals surface area contributed by atoms with Crippen LogP contribution in [0.4, 0.5) is 0 Å². The number of carbonyl (C=O) groups is 2. The number of hydrogen-bond acceptors (Lipinski definition) is 3. The van der Waals surface area contributed by atoms with E-state index >= 15 is 0 Å². The Kier molecular flexibility index (Phi) is 7.16. The van der Waals surface area contributed by atoms with Gasteiger partial charge in [0.05, 0.1) is 7.11 Å². The summed E-state index contributed by atoms with van der Waals surface area (Å²) in [6.07, 6.45) is 11.9. The fourth-order valence-corrected chi connectivity index (χ4v) is 2.21. The van der Waals surface area contributed by atoms with Crippen LogP contribution in [0.5, 0.6) is 0 Å². The number of ether oxygens (including phenoxy) is 1. The Labute approximate surface area is 115 Å². The highest BCUT2D eigenvalue weighted by Gasteiger charge is 2.19. The van der Waals surface area contributed by atoms with E-state index in [2.05, 4.69) is 6.92 Å². The van der Waals surface area contributed by atoms with Crippen molar-refractivity contribution in [1.29, 1.82) is 0 Å². The Hall–Kier alpha value is -1.38. The lowest BCUT2D eigenvalue weighted by molar-refractivity contribution is -0.117. The molecule has 0 aromatic rings. The molecule has 0 saturated carbocycles. The summed E-state index contributed by atoms with van der Waals surface area (Å²) < 4.78 is 4.85. The van der Waals surface area contributed by atoms with Gasteiger partial charge in [0.2, 0.25) is 5.78 Å². The maximum atomic E-state index is 11.7. The van der Waals surface area contributed by atoms with E-state index in [1.165, 1.54) is 51.4 Å². The number of hydrogen-bond donors (Lipinski definition) is 0. The van der Waals surface area contributed by atoms with Crippen LogP contribution in [-0.4, -0.2) is 18.7 Å². The molecule has 0 N–H and O–H groups in total. The number of carbonyl (C=O) groups excluding carboxylic acids is 2. The molecule has 0 amide bonds. The van der Waals surface area contributed by atoms with Gasteiger partial charge in [-0.25, -0.2) is 0 Å². The first-order chi connectivity index (χ1) is 9.19. The van der Waals surface area contributed by atoms with Crippen molar-refractivity contribution in [2.24, 2.45) is 0 Å². The van der Waals surface area contributed by atoms with E-state index in [-0.39, 0.29) is 17.3 Å². The molecule has 0 heterocycles. The molecule has 0 radical (unpaired) electrons. The van der Waals surface area contributed by atoms with Gasteiger partial charge < -0.3 is 4.74 Å². The van der Waals surface area contributed by atoms with E-state index in [0.29, 0.717) is 12.0 Å². The molecular formula is C16H24O3. The summed E-state index contributed by atoms with van der Waals surface area (Å²) in [4.78, 5) is 23.3. The first-order valence-electron chi connectivity index (χ1n) is 7.24. The van der Waals surface area contributed by atoms with Crippen LogP contribution in [0.25, 0.3) is 0 Å². The van der Waals surface area contributed by atoms with Gasteiger partial charge in [0.1, 0.15) is 0 Å². The Bertz CT molecular complexity index is 377. The van der Waals surface area contributed by atoms with Crippen molar-refractivity contribution in [3.8, 4) is 0 Å². The quantitative estimate of drug-likeness (QED) is 0.470. The standard InChI is InChI=1S/C16H24O3/c1-3-4-5-6-7-8-9-10-13-11-15(18)16(19-2)12-14(13)17/h11-12H,3-10H2,1-2H3. The van der Waals surface area contributed by atoms with Gasteiger partial charge in [-0.05, 0) is 18.9 Å². The van der Waals surface area contributed by atoms with E-state index in [1.54, 1.807) is 0 Å². The van der Waals surface area contributed by atoms with Gasteiger partial charge >= 0.3 is 0 Å². The number of ketones is 2. The van der Waals surface area contributed by atoms with E-state index in [1.807, 2.05) is 0 Å². The molecule has 106 valence electrons. The van der Waals surface area contributed by atoms with E-state index in [4.69, 9.17) is 4.74 Å². The van der Waals surface area contributed by atoms with Crippen molar-refractivity contribution >= 4 is 11.6 Å². The number of unbranched alkanes of at least 4 members (excludes halogenated alkanes) is 6. The lowest BCUT2D eigenvalue weighted by Gasteiger charge is -2.11. The Balaban J connectivity index is 2.23. The zero-order chi connectivity index (χ0) is 14.1. The molecule has 0 unspecified atom stereocenters. The van der Waals surface area contributed by atoms with Crippen molar-refractivity contribution in [2.75, 3.05) is 7.11 Å². The van der Waals surface area contributed by atoms with Crippen LogP contribution in [0.1, 0.15) is 58.3 Å². The summed E-state index contributed by atoms with van der Waals surface area (Å²) in [7, 11) is 1.41. The largest absolute Gasteiger partial charge is 0.493 e. The second-order valence-electron chi connectivity index (χ2n) is 4.98. The Morgan fingerprint density at radius 3 is 2.16 bits per heavy atom. The van der Waals surface area contributed by atoms with Crippen molar-refractivity contribution in [3.63, 3.8) is 0 Å². The van der Waals surface area contributed by atoms with Gasteiger partial charge in [0.15, 0.2) is 11.5 Å². The van der Waals surface area contributed by atoms with Crippen LogP contribution < -0.4 is 0 Å². The van der Waals surface area contributed by atoms with Crippen molar-refractivity contribution in [3.05, 3.63) is 23.5 Å². The molecular weight excluding hydrogens is 240 g/mol. The molecule has 0 aliphatic heterocycles. The SMILES string of the molecule is CCCCCCCCCC1=CC(=O)C(OC)=CC1=O. The second kappa shape index (κ2) is 8.68. The Morgan fingerprint density at radius 2 is 1.53 bits per heavy atom. The number of allylic oxidation sites excluding steroid dienone is 3. The monoisotopic (exact) mass is 264 g/mol. The van der Waals surface area contributed by atoms with Crippen LogP contribution in [0.2, 0.25) is 0 Å². The first-order valence-corrected chi connectivity index (χ1v) is 7.24. The minimum atomic E-state index is -0.194. The third-order valence-corrected chi connectivity index (χ3v) is 3.40. The van der Waals surface area contributed by atoms with Gasteiger partial charge in [-0.2, -0.15) is 0 Å². The van der Waals surface area contributed by atoms with Gasteiger partial charge in [-0.15, -0.1) is 0 Å². The molecule has 0 saturated heterocycles. The van der Waals surface area contributed by atoms with Crippen molar-refractivity contribution in [1.82, 2.24) is 0 Å². The molecule has 0 bridgehead atoms. The fraction of sp³-hybridized carbons (Fsp3) is 0.625. The van der Waals surface area contributed by atoms with Crippen LogP contribution in [0.15, 0.2) is 23.5 Å². The average molecular weight is 264 g/mol. The topological polar surface area (TPSA) is 43.4 Å². The van der Waals surface area contributed by atoms with Crippen molar-refractivity contribution < 1.29 is 14.3 Å². The molecule has 0 aromatic carbocycles. The van der Waals surface area contributed by atoms with Gasteiger partial charge in [0, 0.05) is 11.6 Å². The maximum Gasteiger partial charge on any atom is 0.220 e. The summed E-state index contributed by atoms with van der Waals surface area (Å²) in [5.74, 6) is -0.129. The predicted octanol–water partition coefficient (Wildman–Crippen LogP) is 3.74. The minimum absolute atomic E-state index is 0.0811. The summed E-state index contributed by atoms with van der Waals surface area (Å²) >= 11 is 0. The number of methoxy groups -OCH3 is 1. The predicted molar refractivity (Wildman–Crippen MR) is 75.8 cm³/mol. The molecule has 19 heavy (non-hydrogen) atoms. The highest BCUT2D eigenvalue weighted by atomic mass is 16.5. The first kappa shape index (κ1) is 15.7. The molecule has 1 aliphatic rings. The zero-order valence-corrected chi connectivity index (χ0v) is 12.0. The lowest BCUT2D eigenvalue weighted by Crippen LogP contribution is -2.14. The molecule has 0 aromatic heterocycles. The normalized spacial score (nSPS) is 15.3. The molecule has 3 heteroatoms. The molecule has 0 fully saturated rings. The van der Waals surface area contributed by atoms with Gasteiger partial charge in [0.25, 0.3) is 0 Å². The Morgan fingerprint density at radius 1 is 0.895 bits per heavy atom. The fourth-order valence-electron chi connectivity index (χ4n) is 2.21. The van der Waals surface area contributed by atoms with E-state index < -0.39 is 0 Å². The van der Waals surface area contributed by atoms with Crippen LogP contribution in [0, 0.1) is 0 Å². The van der Waals surface area contributed by atoms with Crippen molar-refractivity contribution in [2.45, 2.75) is 58.3 Å². The molecule has 0 atom stereocenters. The smallest absolute Gasteiger partial charge is 0.220 e. The van der Waals surface area contributed by atoms with Gasteiger partial charge in [-0.1, -0.05) is 45.4 Å². The maximum absolute atomic E-state index is 11.7. The average Bonchev–Trinajstić information content (AvgIpc) is 2.41. The zero-order valence-electron chi connectivity index (χ0n) is 12.0. The summed E-state index contributed by atoms with van der Waals surface area (Å²) in [6, 6.07) is 0. The van der Waals surface area contributed by atoms with Gasteiger partial charge in [-0.3, -0.25) is 9.59 Å². The molecule has 3 nitrogen and oxygen atoms in total. The van der Waals surface area contributed by atoms with Crippen LogP contribution in [0.3, 0.4) is 0 Å². The lowest BCUT2D eigenvalue weighted by atomic mass is 9.96. The highest BCUT2D eigenvalue weighted by Crippen LogP contribution is 2.18. The molecule has 0 spiro atoms. The van der Waals surface area contributed by atoms with E-state index in [0.717, 1.165) is 12.8 Å². The third kappa shape index (κ3) is 5.41. The molecule has 1 rings (SSSR count). The summed E-state index contributed by atoms with van der Waals surface area (Å²) in [5.41, 5.74) is 0.624. The summed E-state index contributed by atoms with van der Waals surface area (Å²) in [5, 5.41) is 0. The van der Waals surface area contributed by atoms with Crippen LogP contribution in [-0.2, 0) is 14.3 Å². The third-order valence-electron chi connectivity index (χ3n) is 3.40. The molecule has 1 aliphatic carbocycles. The van der Waals surface area contributed by atoms with E-state index in [9.17, 15) is 9.59 Å². The minimum Gasteiger partial charge on any atom is -0.493 e. The second-order valence-corrected chi connectivity index (χ2v) is 4.98. The number of rotatable bonds is 9.